The molecule has 0 spiro atoms. The van der Waals surface area contributed by atoms with Crippen LogP contribution in [0.15, 0.2) is 17.8 Å². The molecule has 1 aromatic carbocycles. The second kappa shape index (κ2) is 9.03. The third-order valence-corrected chi connectivity index (χ3v) is 4.21. The van der Waals surface area contributed by atoms with E-state index in [1.165, 1.54) is 19.1 Å². The highest BCUT2D eigenvalue weighted by Crippen LogP contribution is 2.36. The molecule has 1 fully saturated rings. The van der Waals surface area contributed by atoms with E-state index < -0.39 is 0 Å². The Morgan fingerprint density at radius 3 is 2.72 bits per heavy atom. The van der Waals surface area contributed by atoms with Crippen molar-refractivity contribution in [2.24, 2.45) is 0 Å². The maximum atomic E-state index is 12.5. The van der Waals surface area contributed by atoms with Gasteiger partial charge in [-0.15, -0.1) is 0 Å². The van der Waals surface area contributed by atoms with Crippen molar-refractivity contribution in [3.8, 4) is 11.5 Å². The van der Waals surface area contributed by atoms with Gasteiger partial charge in [0.05, 0.1) is 19.2 Å². The first-order chi connectivity index (χ1) is 12.0. The first kappa shape index (κ1) is 19.5. The van der Waals surface area contributed by atoms with Gasteiger partial charge in [-0.05, 0) is 49.3 Å². The number of nitrogens with one attached hydrogen (secondary N) is 1. The minimum Gasteiger partial charge on any atom is -0.493 e. The fourth-order valence-electron chi connectivity index (χ4n) is 2.43. The number of carbonyl (C=O) groups excluding carboxylic acids is 1. The topological polar surface area (TPSA) is 60.0 Å². The molecule has 0 aromatic heterocycles. The van der Waals surface area contributed by atoms with Crippen molar-refractivity contribution in [1.29, 1.82) is 0 Å². The molecule has 1 saturated heterocycles. The van der Waals surface area contributed by atoms with Gasteiger partial charge < -0.3 is 19.5 Å². The van der Waals surface area contributed by atoms with Gasteiger partial charge in [-0.1, -0.05) is 11.6 Å². The number of rotatable bonds is 8. The SMILES string of the molecule is CCOCCCN1C(=O)/C(=C\c2cc(Cl)c(OC)c(OC)c2)NC1=S. The lowest BCUT2D eigenvalue weighted by Gasteiger charge is -2.13. The first-order valence-electron chi connectivity index (χ1n) is 7.85. The van der Waals surface area contributed by atoms with E-state index in [-0.39, 0.29) is 5.91 Å². The van der Waals surface area contributed by atoms with Crippen LogP contribution in [0.4, 0.5) is 0 Å². The maximum absolute atomic E-state index is 12.5. The predicted molar refractivity (Wildman–Crippen MR) is 101 cm³/mol. The molecule has 0 unspecified atom stereocenters. The molecule has 25 heavy (non-hydrogen) atoms. The summed E-state index contributed by atoms with van der Waals surface area (Å²) in [6, 6.07) is 3.44. The summed E-state index contributed by atoms with van der Waals surface area (Å²) in [6.45, 7) is 3.69. The molecule has 1 amide bonds. The largest absolute Gasteiger partial charge is 0.493 e. The summed E-state index contributed by atoms with van der Waals surface area (Å²) in [5.74, 6) is 0.765. The zero-order chi connectivity index (χ0) is 18.4. The van der Waals surface area contributed by atoms with Gasteiger partial charge in [0.1, 0.15) is 5.70 Å². The van der Waals surface area contributed by atoms with E-state index in [0.29, 0.717) is 52.7 Å². The third kappa shape index (κ3) is 4.62. The van der Waals surface area contributed by atoms with Gasteiger partial charge in [0.2, 0.25) is 0 Å². The average molecular weight is 385 g/mol. The molecule has 0 atom stereocenters. The van der Waals surface area contributed by atoms with Gasteiger partial charge in [0, 0.05) is 19.8 Å². The van der Waals surface area contributed by atoms with Crippen molar-refractivity contribution < 1.29 is 19.0 Å². The van der Waals surface area contributed by atoms with Crippen LogP contribution in [0.5, 0.6) is 11.5 Å². The Morgan fingerprint density at radius 2 is 2.08 bits per heavy atom. The number of amides is 1. The molecule has 0 radical (unpaired) electrons. The van der Waals surface area contributed by atoms with Gasteiger partial charge >= 0.3 is 0 Å². The van der Waals surface area contributed by atoms with E-state index in [0.717, 1.165) is 6.42 Å². The van der Waals surface area contributed by atoms with E-state index in [1.54, 1.807) is 18.2 Å². The van der Waals surface area contributed by atoms with Crippen molar-refractivity contribution in [2.45, 2.75) is 13.3 Å². The summed E-state index contributed by atoms with van der Waals surface area (Å²) in [4.78, 5) is 14.1. The zero-order valence-corrected chi connectivity index (χ0v) is 16.0. The van der Waals surface area contributed by atoms with E-state index in [9.17, 15) is 4.79 Å². The summed E-state index contributed by atoms with van der Waals surface area (Å²) < 4.78 is 15.8. The molecule has 0 aliphatic carbocycles. The Balaban J connectivity index is 2.17. The normalized spacial score (nSPS) is 15.7. The number of benzene rings is 1. The van der Waals surface area contributed by atoms with Crippen molar-refractivity contribution in [1.82, 2.24) is 10.2 Å². The average Bonchev–Trinajstić information content (AvgIpc) is 2.85. The molecule has 1 heterocycles. The Kier molecular flexibility index (Phi) is 7.04. The van der Waals surface area contributed by atoms with Gasteiger partial charge in [0.25, 0.3) is 5.91 Å². The molecule has 1 aliphatic heterocycles. The standard InChI is InChI=1S/C17H21ClN2O4S/c1-4-24-7-5-6-20-16(21)13(19-17(20)25)9-11-8-12(18)15(23-3)14(10-11)22-2/h8-10H,4-7H2,1-3H3,(H,19,25)/b13-9+. The van der Waals surface area contributed by atoms with Crippen LogP contribution in [0.1, 0.15) is 18.9 Å². The monoisotopic (exact) mass is 384 g/mol. The van der Waals surface area contributed by atoms with E-state index in [4.69, 9.17) is 38.0 Å². The number of methoxy groups -OCH3 is 2. The maximum Gasteiger partial charge on any atom is 0.276 e. The lowest BCUT2D eigenvalue weighted by Crippen LogP contribution is -2.32. The molecule has 8 heteroatoms. The van der Waals surface area contributed by atoms with Crippen LogP contribution < -0.4 is 14.8 Å². The van der Waals surface area contributed by atoms with Crippen molar-refractivity contribution in [3.63, 3.8) is 0 Å². The highest BCUT2D eigenvalue weighted by molar-refractivity contribution is 7.80. The third-order valence-electron chi connectivity index (χ3n) is 3.60. The summed E-state index contributed by atoms with van der Waals surface area (Å²) in [5.41, 5.74) is 1.10. The van der Waals surface area contributed by atoms with Crippen molar-refractivity contribution in [3.05, 3.63) is 28.4 Å². The van der Waals surface area contributed by atoms with Crippen molar-refractivity contribution >= 4 is 40.9 Å². The highest BCUT2D eigenvalue weighted by atomic mass is 35.5. The zero-order valence-electron chi connectivity index (χ0n) is 14.4. The number of hydrogen-bond acceptors (Lipinski definition) is 5. The van der Waals surface area contributed by atoms with Crippen LogP contribution in [-0.4, -0.2) is 49.9 Å². The fourth-order valence-corrected chi connectivity index (χ4v) is 3.01. The lowest BCUT2D eigenvalue weighted by molar-refractivity contribution is -0.122. The van der Waals surface area contributed by atoms with Crippen LogP contribution >= 0.6 is 23.8 Å². The van der Waals surface area contributed by atoms with E-state index in [1.807, 2.05) is 6.92 Å². The van der Waals surface area contributed by atoms with E-state index >= 15 is 0 Å². The minimum atomic E-state index is -0.174. The first-order valence-corrected chi connectivity index (χ1v) is 8.64. The lowest BCUT2D eigenvalue weighted by atomic mass is 10.1. The quantitative estimate of drug-likeness (QED) is 0.422. The molecular weight excluding hydrogens is 364 g/mol. The van der Waals surface area contributed by atoms with Gasteiger partial charge in [-0.2, -0.15) is 0 Å². The molecule has 1 N–H and O–H groups in total. The van der Waals surface area contributed by atoms with E-state index in [2.05, 4.69) is 5.32 Å². The Labute approximate surface area is 157 Å². The van der Waals surface area contributed by atoms with Gasteiger partial charge in [-0.25, -0.2) is 0 Å². The second-order valence-electron chi connectivity index (χ2n) is 5.23. The molecule has 0 bridgehead atoms. The molecule has 0 saturated carbocycles. The molecule has 2 rings (SSSR count). The molecular formula is C17H21ClN2O4S. The minimum absolute atomic E-state index is 0.174. The van der Waals surface area contributed by atoms with Crippen LogP contribution in [-0.2, 0) is 9.53 Å². The molecule has 6 nitrogen and oxygen atoms in total. The van der Waals surface area contributed by atoms with Crippen LogP contribution in [0, 0.1) is 0 Å². The smallest absolute Gasteiger partial charge is 0.276 e. The van der Waals surface area contributed by atoms with Crippen LogP contribution in [0.2, 0.25) is 5.02 Å². The number of halogens is 1. The summed E-state index contributed by atoms with van der Waals surface area (Å²) in [7, 11) is 3.04. The number of thiocarbonyl (C=S) groups is 1. The summed E-state index contributed by atoms with van der Waals surface area (Å²) in [6.07, 6.45) is 2.40. The summed E-state index contributed by atoms with van der Waals surface area (Å²) in [5, 5.41) is 3.73. The predicted octanol–water partition coefficient (Wildman–Crippen LogP) is 2.84. The summed E-state index contributed by atoms with van der Waals surface area (Å²) >= 11 is 11.4. The molecule has 1 aromatic rings. The Bertz CT molecular complexity index is 693. The molecule has 1 aliphatic rings. The van der Waals surface area contributed by atoms with Crippen LogP contribution in [0.25, 0.3) is 6.08 Å². The van der Waals surface area contributed by atoms with Crippen molar-refractivity contribution in [2.75, 3.05) is 34.0 Å². The highest BCUT2D eigenvalue weighted by Gasteiger charge is 2.30. The van der Waals surface area contributed by atoms with Crippen LogP contribution in [0.3, 0.4) is 0 Å². The molecule has 136 valence electrons. The van der Waals surface area contributed by atoms with Gasteiger partial charge in [0.15, 0.2) is 16.6 Å². The number of carbonyl (C=O) groups is 1. The number of hydrogen-bond donors (Lipinski definition) is 1. The Morgan fingerprint density at radius 1 is 1.32 bits per heavy atom. The number of ether oxygens (including phenoxy) is 3. The number of nitrogens with zero attached hydrogens (tertiary/aromatic N) is 1. The second-order valence-corrected chi connectivity index (χ2v) is 6.03. The fraction of sp³-hybridized carbons (Fsp3) is 0.412. The van der Waals surface area contributed by atoms with Gasteiger partial charge in [-0.3, -0.25) is 9.69 Å². The Hall–Kier alpha value is -1.83.